The summed E-state index contributed by atoms with van der Waals surface area (Å²) in [4.78, 5) is 22.1. The Morgan fingerprint density at radius 2 is 0.709 bits per heavy atom. The molecule has 15 heteroatoms. The van der Waals surface area contributed by atoms with Gasteiger partial charge in [0.15, 0.2) is 34.1 Å². The molecule has 0 spiro atoms. The Labute approximate surface area is 488 Å². The summed E-state index contributed by atoms with van der Waals surface area (Å²) in [6, 6.07) is 56.1. The molecule has 0 radical (unpaired) electrons. The van der Waals surface area contributed by atoms with Gasteiger partial charge in [0.1, 0.15) is 0 Å². The zero-order valence-corrected chi connectivity index (χ0v) is 44.2. The van der Waals surface area contributed by atoms with E-state index in [0.29, 0.717) is 88.1 Å². The third-order valence-corrected chi connectivity index (χ3v) is 15.2. The van der Waals surface area contributed by atoms with Crippen molar-refractivity contribution in [2.45, 2.75) is 6.18 Å². The van der Waals surface area contributed by atoms with E-state index in [4.69, 9.17) is 39.4 Å². The molecule has 0 unspecified atom stereocenters. The van der Waals surface area contributed by atoms with Gasteiger partial charge in [-0.15, -0.1) is 0 Å². The van der Waals surface area contributed by atoms with Crippen LogP contribution in [0.5, 0.6) is 0 Å². The van der Waals surface area contributed by atoms with Crippen LogP contribution in [0.15, 0.2) is 176 Å². The van der Waals surface area contributed by atoms with Crippen molar-refractivity contribution in [2.75, 3.05) is 0 Å². The topological polar surface area (TPSA) is 131 Å². The summed E-state index contributed by atoms with van der Waals surface area (Å²) in [6.45, 7) is 48.0. The maximum Gasteiger partial charge on any atom is 0.415 e. The Morgan fingerprint density at radius 1 is 0.337 bits per heavy atom. The van der Waals surface area contributed by atoms with Gasteiger partial charge in [-0.1, -0.05) is 78.9 Å². The maximum absolute atomic E-state index is 14.7. The highest BCUT2D eigenvalue weighted by molar-refractivity contribution is 6.15. The SMILES string of the molecule is [C-]#[N+]c1ccc(-c2ccc3c(c2)c2cc(-c4ccc([N+]#[C-])cc4[N+]#[C-])ccc2n3-c2cc(C#N)cc(-n3c4ccc(-c5ccc(C#N)cc5[N+]#[C-])cc4c4cc(-c5ccc(C#N)cc5[N+]#[C-])ccc43)c2-c2ccc(C(F)(F)F)cc2[N+]#[C-])c(C#N)c1. The van der Waals surface area contributed by atoms with E-state index < -0.39 is 11.7 Å². The molecular weight excluding hydrogens is 1080 g/mol. The van der Waals surface area contributed by atoms with Gasteiger partial charge < -0.3 is 9.13 Å². The monoisotopic (exact) mass is 1110 g/mol. The van der Waals surface area contributed by atoms with Crippen molar-refractivity contribution < 1.29 is 13.2 Å². The van der Waals surface area contributed by atoms with Crippen LogP contribution in [0.25, 0.3) is 140 Å². The van der Waals surface area contributed by atoms with E-state index in [0.717, 1.165) is 12.1 Å². The Balaban J connectivity index is 1.23. The largest absolute Gasteiger partial charge is 0.415 e. The molecule has 0 bridgehead atoms. The highest BCUT2D eigenvalue weighted by Gasteiger charge is 2.33. The summed E-state index contributed by atoms with van der Waals surface area (Å²) in [5.74, 6) is 0. The number of alkyl halides is 3. The molecule has 0 aliphatic heterocycles. The fourth-order valence-electron chi connectivity index (χ4n) is 11.3. The normalized spacial score (nSPS) is 10.8. The Morgan fingerprint density at radius 3 is 1.10 bits per heavy atom. The van der Waals surface area contributed by atoms with Crippen molar-refractivity contribution in [3.63, 3.8) is 0 Å². The van der Waals surface area contributed by atoms with E-state index in [1.54, 1.807) is 84.9 Å². The lowest BCUT2D eigenvalue weighted by atomic mass is 9.95. The molecule has 0 atom stereocenters. The maximum atomic E-state index is 14.7. The van der Waals surface area contributed by atoms with Crippen LogP contribution < -0.4 is 0 Å². The number of aromatic nitrogens is 2. The lowest BCUT2D eigenvalue weighted by Gasteiger charge is -2.22. The molecule has 0 N–H and O–H groups in total. The summed E-state index contributed by atoms with van der Waals surface area (Å²) in [5.41, 5.74) is 8.14. The minimum absolute atomic E-state index is 0.0766. The summed E-state index contributed by atoms with van der Waals surface area (Å²) >= 11 is 0. The summed E-state index contributed by atoms with van der Waals surface area (Å²) in [6.07, 6.45) is -4.84. The van der Waals surface area contributed by atoms with Gasteiger partial charge in [0.05, 0.1) is 103 Å². The molecule has 10 aromatic carbocycles. The lowest BCUT2D eigenvalue weighted by molar-refractivity contribution is -0.137. The van der Waals surface area contributed by atoms with Crippen LogP contribution in [0, 0.1) is 84.8 Å². The standard InChI is InChI=1S/C71H29F3N12/c1-79-49-14-19-51(47(29-49)39-78)43-9-21-64-56(30-43)57-33-46(54-20-15-50(80-2)35-63(54)84-6)12-24-65(57)85(64)68-27-42(38-77)28-69(70(68)55-18-13-48(71(72,73)74)34-62(55)83-5)86-66-22-10-44(52-16-7-40(36-75)25-60(52)81-3)31-58(66)59-32-45(11-23-67(59)86)53-17-8-41(37-76)26-61(53)82-4/h7-35H. The lowest BCUT2D eigenvalue weighted by Crippen LogP contribution is -2.07. The van der Waals surface area contributed by atoms with Gasteiger partial charge in [-0.25, -0.2) is 29.1 Å². The van der Waals surface area contributed by atoms with Crippen LogP contribution in [0.4, 0.5) is 47.3 Å². The number of benzene rings is 10. The third-order valence-electron chi connectivity index (χ3n) is 15.2. The quantitative estimate of drug-likeness (QED) is 0.147. The van der Waals surface area contributed by atoms with E-state index in [9.17, 15) is 34.2 Å². The van der Waals surface area contributed by atoms with Gasteiger partial charge >= 0.3 is 6.18 Å². The highest BCUT2D eigenvalue weighted by atomic mass is 19.4. The van der Waals surface area contributed by atoms with Gasteiger partial charge in [0, 0.05) is 49.4 Å². The van der Waals surface area contributed by atoms with Gasteiger partial charge in [-0.2, -0.15) is 34.2 Å². The van der Waals surface area contributed by atoms with Gasteiger partial charge in [0.25, 0.3) is 0 Å². The fraction of sp³-hybridized carbons (Fsp3) is 0.0141. The van der Waals surface area contributed by atoms with Gasteiger partial charge in [-0.3, -0.25) is 0 Å². The van der Waals surface area contributed by atoms with Crippen LogP contribution in [0.3, 0.4) is 0 Å². The summed E-state index contributed by atoms with van der Waals surface area (Å²) in [7, 11) is 0. The zero-order valence-electron chi connectivity index (χ0n) is 44.2. The van der Waals surface area contributed by atoms with Crippen molar-refractivity contribution in [1.82, 2.24) is 9.13 Å². The van der Waals surface area contributed by atoms with E-state index in [-0.39, 0.29) is 78.9 Å². The van der Waals surface area contributed by atoms with Crippen molar-refractivity contribution in [3.05, 3.63) is 272 Å². The average molecular weight is 1110 g/mol. The Kier molecular flexibility index (Phi) is 12.9. The minimum atomic E-state index is -4.84. The highest BCUT2D eigenvalue weighted by Crippen LogP contribution is 2.49. The molecule has 0 aliphatic carbocycles. The van der Waals surface area contributed by atoms with Crippen LogP contribution in [0.2, 0.25) is 0 Å². The second kappa shape index (κ2) is 20.9. The first-order chi connectivity index (χ1) is 41.8. The minimum Gasteiger partial charge on any atom is -0.309 e. The number of nitrogens with zero attached hydrogens (tertiary/aromatic N) is 12. The number of halogens is 3. The van der Waals surface area contributed by atoms with Crippen molar-refractivity contribution in [3.8, 4) is 91.3 Å². The molecule has 394 valence electrons. The molecule has 0 aliphatic rings. The first-order valence-corrected chi connectivity index (χ1v) is 25.8. The number of fused-ring (bicyclic) bond motifs is 6. The molecule has 2 aromatic heterocycles. The molecule has 2 heterocycles. The van der Waals surface area contributed by atoms with Crippen LogP contribution in [-0.4, -0.2) is 9.13 Å². The van der Waals surface area contributed by atoms with E-state index in [1.807, 2.05) is 57.7 Å². The van der Waals surface area contributed by atoms with Crippen molar-refractivity contribution in [1.29, 1.82) is 21.0 Å². The first-order valence-electron chi connectivity index (χ1n) is 25.8. The van der Waals surface area contributed by atoms with E-state index >= 15 is 0 Å². The number of rotatable bonds is 7. The van der Waals surface area contributed by atoms with E-state index in [1.165, 1.54) is 30.3 Å². The average Bonchev–Trinajstić information content (AvgIpc) is 1.76. The second-order valence-electron chi connectivity index (χ2n) is 19.7. The predicted octanol–water partition coefficient (Wildman–Crippen LogP) is 20.0. The van der Waals surface area contributed by atoms with Gasteiger partial charge in [-0.05, 0) is 147 Å². The second-order valence-corrected chi connectivity index (χ2v) is 19.7. The zero-order chi connectivity index (χ0) is 60.1. The third kappa shape index (κ3) is 8.73. The summed E-state index contributed by atoms with van der Waals surface area (Å²) in [5, 5.41) is 43.5. The Bertz CT molecular complexity index is 4930. The molecule has 12 aromatic rings. The van der Waals surface area contributed by atoms with Gasteiger partial charge in [0.2, 0.25) is 0 Å². The molecule has 86 heavy (non-hydrogen) atoms. The number of hydrogen-bond donors (Lipinski definition) is 0. The van der Waals surface area contributed by atoms with Crippen LogP contribution in [-0.2, 0) is 6.18 Å². The molecular formula is C71H29F3N12. The molecule has 12 nitrogen and oxygen atoms in total. The molecule has 0 saturated carbocycles. The molecule has 12 rings (SSSR count). The number of hydrogen-bond acceptors (Lipinski definition) is 4. The molecule has 0 saturated heterocycles. The molecule has 0 amide bonds. The van der Waals surface area contributed by atoms with Crippen LogP contribution >= 0.6 is 0 Å². The van der Waals surface area contributed by atoms with Crippen LogP contribution in [0.1, 0.15) is 27.8 Å². The van der Waals surface area contributed by atoms with Crippen molar-refractivity contribution >= 4 is 77.7 Å². The smallest absolute Gasteiger partial charge is 0.309 e. The molecule has 0 fully saturated rings. The number of nitriles is 4. The van der Waals surface area contributed by atoms with E-state index in [2.05, 4.69) is 53.3 Å². The first kappa shape index (κ1) is 53.1. The Hall–Kier alpha value is -13.5. The fourth-order valence-corrected chi connectivity index (χ4v) is 11.3. The van der Waals surface area contributed by atoms with Crippen molar-refractivity contribution in [2.24, 2.45) is 0 Å². The summed E-state index contributed by atoms with van der Waals surface area (Å²) < 4.78 is 47.9. The predicted molar refractivity (Wildman–Crippen MR) is 324 cm³/mol.